The third-order valence-corrected chi connectivity index (χ3v) is 6.34. The Morgan fingerprint density at radius 2 is 1.47 bits per heavy atom. The summed E-state index contributed by atoms with van der Waals surface area (Å²) in [5.74, 6) is 3.93. The maximum Gasteiger partial charge on any atom is 0.0596 e. The van der Waals surface area contributed by atoms with Gasteiger partial charge >= 0.3 is 0 Å². The van der Waals surface area contributed by atoms with Gasteiger partial charge in [-0.05, 0) is 80.5 Å². The fraction of sp³-hybridized carbons (Fsp3) is 1.00. The summed E-state index contributed by atoms with van der Waals surface area (Å²) >= 11 is 0. The van der Waals surface area contributed by atoms with E-state index >= 15 is 0 Å². The molecule has 5 fully saturated rings. The Morgan fingerprint density at radius 3 is 1.94 bits per heavy atom. The zero-order valence-corrected chi connectivity index (χ0v) is 10.9. The Bertz CT molecular complexity index is 269. The molecule has 96 valence electrons. The van der Waals surface area contributed by atoms with Crippen molar-refractivity contribution in [1.82, 2.24) is 0 Å². The molecule has 1 nitrogen and oxygen atoms in total. The standard InChI is InChI=1S/C16H26O/c17-15(4-3-11-1-2-11)16-8-12-5-13(9-16)7-14(6-12)10-16/h11-15,17H,1-10H2. The summed E-state index contributed by atoms with van der Waals surface area (Å²) in [6.07, 6.45) is 13.9. The summed E-state index contributed by atoms with van der Waals surface area (Å²) in [6.45, 7) is 0. The minimum atomic E-state index is 0.0384. The van der Waals surface area contributed by atoms with Gasteiger partial charge < -0.3 is 5.11 Å². The molecule has 17 heavy (non-hydrogen) atoms. The van der Waals surface area contributed by atoms with Crippen molar-refractivity contribution in [3.63, 3.8) is 0 Å². The van der Waals surface area contributed by atoms with E-state index in [9.17, 15) is 5.11 Å². The van der Waals surface area contributed by atoms with E-state index in [1.165, 1.54) is 57.8 Å². The highest BCUT2D eigenvalue weighted by molar-refractivity contribution is 5.04. The summed E-state index contributed by atoms with van der Waals surface area (Å²) in [6, 6.07) is 0. The molecule has 0 radical (unpaired) electrons. The molecule has 0 aromatic rings. The summed E-state index contributed by atoms with van der Waals surface area (Å²) in [4.78, 5) is 0. The molecule has 1 heteroatoms. The van der Waals surface area contributed by atoms with Gasteiger partial charge in [-0.2, -0.15) is 0 Å². The molecule has 5 rings (SSSR count). The Kier molecular flexibility index (Phi) is 2.38. The molecule has 0 amide bonds. The zero-order chi connectivity index (χ0) is 11.5. The first-order chi connectivity index (χ1) is 8.23. The van der Waals surface area contributed by atoms with E-state index in [-0.39, 0.29) is 6.10 Å². The van der Waals surface area contributed by atoms with Crippen LogP contribution in [-0.4, -0.2) is 11.2 Å². The fourth-order valence-corrected chi connectivity index (χ4v) is 5.69. The van der Waals surface area contributed by atoms with E-state index in [0.717, 1.165) is 30.1 Å². The van der Waals surface area contributed by atoms with Gasteiger partial charge in [0, 0.05) is 0 Å². The molecule has 1 atom stereocenters. The summed E-state index contributed by atoms with van der Waals surface area (Å²) in [5, 5.41) is 10.7. The van der Waals surface area contributed by atoms with Gasteiger partial charge in [0.05, 0.1) is 6.10 Å². The van der Waals surface area contributed by atoms with E-state index in [1.807, 2.05) is 0 Å². The largest absolute Gasteiger partial charge is 0.393 e. The molecule has 5 saturated carbocycles. The molecular formula is C16H26O. The Balaban J connectivity index is 1.47. The van der Waals surface area contributed by atoms with Crippen LogP contribution in [0.5, 0.6) is 0 Å². The lowest BCUT2D eigenvalue weighted by atomic mass is 9.48. The second kappa shape index (κ2) is 3.73. The predicted octanol–water partition coefficient (Wildman–Crippen LogP) is 3.75. The lowest BCUT2D eigenvalue weighted by Gasteiger charge is -2.58. The lowest BCUT2D eigenvalue weighted by molar-refractivity contribution is -0.122. The number of aliphatic hydroxyl groups is 1. The monoisotopic (exact) mass is 234 g/mol. The predicted molar refractivity (Wildman–Crippen MR) is 68.6 cm³/mol. The number of hydrogen-bond donors (Lipinski definition) is 1. The first-order valence-corrected chi connectivity index (χ1v) is 7.91. The third kappa shape index (κ3) is 1.85. The molecule has 5 aliphatic rings. The van der Waals surface area contributed by atoms with Gasteiger partial charge in [0.1, 0.15) is 0 Å². The minimum Gasteiger partial charge on any atom is -0.393 e. The van der Waals surface area contributed by atoms with E-state index in [0.29, 0.717) is 5.41 Å². The van der Waals surface area contributed by atoms with Gasteiger partial charge in [-0.25, -0.2) is 0 Å². The molecule has 0 spiro atoms. The third-order valence-electron chi connectivity index (χ3n) is 6.34. The van der Waals surface area contributed by atoms with Crippen LogP contribution in [0.15, 0.2) is 0 Å². The maximum absolute atomic E-state index is 10.7. The summed E-state index contributed by atoms with van der Waals surface area (Å²) < 4.78 is 0. The van der Waals surface area contributed by atoms with E-state index in [2.05, 4.69) is 0 Å². The SMILES string of the molecule is OC(CCC1CC1)C12CC3CC(CC(C3)C1)C2. The van der Waals surface area contributed by atoms with Gasteiger partial charge in [-0.1, -0.05) is 12.8 Å². The number of aliphatic hydroxyl groups excluding tert-OH is 1. The zero-order valence-electron chi connectivity index (χ0n) is 10.9. The topological polar surface area (TPSA) is 20.2 Å². The van der Waals surface area contributed by atoms with Crippen LogP contribution in [0.2, 0.25) is 0 Å². The highest BCUT2D eigenvalue weighted by atomic mass is 16.3. The van der Waals surface area contributed by atoms with Gasteiger partial charge in [-0.15, -0.1) is 0 Å². The van der Waals surface area contributed by atoms with Crippen LogP contribution in [-0.2, 0) is 0 Å². The van der Waals surface area contributed by atoms with Gasteiger partial charge in [0.25, 0.3) is 0 Å². The van der Waals surface area contributed by atoms with Gasteiger partial charge in [0.2, 0.25) is 0 Å². The van der Waals surface area contributed by atoms with Crippen LogP contribution < -0.4 is 0 Å². The van der Waals surface area contributed by atoms with Crippen molar-refractivity contribution in [2.75, 3.05) is 0 Å². The maximum atomic E-state index is 10.7. The molecule has 1 N–H and O–H groups in total. The van der Waals surface area contributed by atoms with Crippen molar-refractivity contribution >= 4 is 0 Å². The van der Waals surface area contributed by atoms with Crippen molar-refractivity contribution in [3.05, 3.63) is 0 Å². The van der Waals surface area contributed by atoms with Crippen molar-refractivity contribution in [2.45, 2.75) is 70.3 Å². The van der Waals surface area contributed by atoms with Crippen molar-refractivity contribution in [3.8, 4) is 0 Å². The Morgan fingerprint density at radius 1 is 0.941 bits per heavy atom. The van der Waals surface area contributed by atoms with Crippen LogP contribution >= 0.6 is 0 Å². The molecule has 0 aromatic carbocycles. The second-order valence-corrected chi connectivity index (χ2v) is 7.82. The fourth-order valence-electron chi connectivity index (χ4n) is 5.69. The molecule has 0 aromatic heterocycles. The van der Waals surface area contributed by atoms with Gasteiger partial charge in [-0.3, -0.25) is 0 Å². The molecule has 0 heterocycles. The van der Waals surface area contributed by atoms with E-state index < -0.39 is 0 Å². The molecule has 5 aliphatic carbocycles. The molecular weight excluding hydrogens is 208 g/mol. The Hall–Kier alpha value is -0.0400. The number of rotatable bonds is 4. The molecule has 1 unspecified atom stereocenters. The van der Waals surface area contributed by atoms with Crippen LogP contribution in [0.25, 0.3) is 0 Å². The average molecular weight is 234 g/mol. The minimum absolute atomic E-state index is 0.0384. The van der Waals surface area contributed by atoms with Crippen molar-refractivity contribution in [1.29, 1.82) is 0 Å². The second-order valence-electron chi connectivity index (χ2n) is 7.82. The molecule has 0 saturated heterocycles. The first-order valence-electron chi connectivity index (χ1n) is 7.91. The van der Waals surface area contributed by atoms with Crippen molar-refractivity contribution < 1.29 is 5.11 Å². The summed E-state index contributed by atoms with van der Waals surface area (Å²) in [7, 11) is 0. The number of hydrogen-bond acceptors (Lipinski definition) is 1. The smallest absolute Gasteiger partial charge is 0.0596 e. The van der Waals surface area contributed by atoms with Crippen molar-refractivity contribution in [2.24, 2.45) is 29.1 Å². The summed E-state index contributed by atoms with van der Waals surface area (Å²) in [5.41, 5.74) is 0.379. The molecule has 0 aliphatic heterocycles. The average Bonchev–Trinajstić information content (AvgIpc) is 3.07. The quantitative estimate of drug-likeness (QED) is 0.785. The van der Waals surface area contributed by atoms with Crippen LogP contribution in [0, 0.1) is 29.1 Å². The van der Waals surface area contributed by atoms with Crippen LogP contribution in [0.1, 0.15) is 64.2 Å². The van der Waals surface area contributed by atoms with E-state index in [1.54, 1.807) is 0 Å². The Labute approximate surface area is 105 Å². The highest BCUT2D eigenvalue weighted by Crippen LogP contribution is 2.61. The van der Waals surface area contributed by atoms with Gasteiger partial charge in [0.15, 0.2) is 0 Å². The highest BCUT2D eigenvalue weighted by Gasteiger charge is 2.53. The lowest BCUT2D eigenvalue weighted by Crippen LogP contribution is -2.51. The molecule has 4 bridgehead atoms. The van der Waals surface area contributed by atoms with Crippen LogP contribution in [0.3, 0.4) is 0 Å². The first kappa shape index (κ1) is 10.8. The van der Waals surface area contributed by atoms with E-state index in [4.69, 9.17) is 0 Å². The van der Waals surface area contributed by atoms with Crippen LogP contribution in [0.4, 0.5) is 0 Å². The normalized spacial score (nSPS) is 49.6.